The number of aliphatic carboxylic acids is 1. The number of fused-ring (bicyclic) bond motifs is 3. The van der Waals surface area contributed by atoms with Gasteiger partial charge in [0.15, 0.2) is 5.60 Å². The molecular formula is C26H30N2O6. The maximum atomic E-state index is 13.0. The van der Waals surface area contributed by atoms with Crippen LogP contribution in [0.15, 0.2) is 48.5 Å². The normalized spacial score (nSPS) is 19.4. The van der Waals surface area contributed by atoms with Crippen LogP contribution in [0, 0.1) is 5.41 Å². The standard InChI is InChI=1S/C26H30N2O6/c1-25(2,22(29)28-13-12-26(16-28,33-3)23(30)31)15-27-24(32)34-14-21-19-10-6-4-8-17(19)18-9-5-7-11-20(18)21/h4-11,21H,12-16H2,1-3H3,(H,27,32)(H,30,31). The van der Waals surface area contributed by atoms with Gasteiger partial charge in [-0.3, -0.25) is 4.79 Å². The molecule has 1 aliphatic heterocycles. The lowest BCUT2D eigenvalue weighted by molar-refractivity contribution is -0.161. The van der Waals surface area contributed by atoms with Crippen molar-refractivity contribution >= 4 is 18.0 Å². The van der Waals surface area contributed by atoms with Crippen molar-refractivity contribution in [3.8, 4) is 11.1 Å². The van der Waals surface area contributed by atoms with Crippen molar-refractivity contribution in [2.24, 2.45) is 5.41 Å². The summed E-state index contributed by atoms with van der Waals surface area (Å²) >= 11 is 0. The van der Waals surface area contributed by atoms with Crippen molar-refractivity contribution in [2.75, 3.05) is 33.4 Å². The minimum atomic E-state index is -1.38. The molecule has 2 N–H and O–H groups in total. The number of ether oxygens (including phenoxy) is 2. The van der Waals surface area contributed by atoms with Crippen LogP contribution < -0.4 is 5.32 Å². The number of methoxy groups -OCH3 is 1. The largest absolute Gasteiger partial charge is 0.479 e. The van der Waals surface area contributed by atoms with Gasteiger partial charge in [-0.05, 0) is 36.1 Å². The summed E-state index contributed by atoms with van der Waals surface area (Å²) in [6.45, 7) is 3.94. The SMILES string of the molecule is COC1(C(=O)O)CCN(C(=O)C(C)(C)CNC(=O)OCC2c3ccccc3-c3ccccc32)C1. The van der Waals surface area contributed by atoms with Crippen LogP contribution in [0.5, 0.6) is 0 Å². The third-order valence-electron chi connectivity index (χ3n) is 6.90. The molecule has 1 saturated heterocycles. The molecule has 0 aromatic heterocycles. The first-order chi connectivity index (χ1) is 16.2. The third-order valence-corrected chi connectivity index (χ3v) is 6.90. The Bertz CT molecular complexity index is 1070. The van der Waals surface area contributed by atoms with Crippen LogP contribution in [0.1, 0.15) is 37.3 Å². The molecular weight excluding hydrogens is 436 g/mol. The lowest BCUT2D eigenvalue weighted by Gasteiger charge is -2.30. The Morgan fingerprint density at radius 1 is 1.09 bits per heavy atom. The maximum Gasteiger partial charge on any atom is 0.407 e. The van der Waals surface area contributed by atoms with Crippen molar-refractivity contribution in [3.63, 3.8) is 0 Å². The second-order valence-corrected chi connectivity index (χ2v) is 9.54. The Labute approximate surface area is 198 Å². The Morgan fingerprint density at radius 3 is 2.21 bits per heavy atom. The summed E-state index contributed by atoms with van der Waals surface area (Å²) in [5.41, 5.74) is 2.23. The molecule has 1 aliphatic carbocycles. The zero-order valence-electron chi connectivity index (χ0n) is 19.7. The molecule has 34 heavy (non-hydrogen) atoms. The van der Waals surface area contributed by atoms with Crippen LogP contribution in [0.2, 0.25) is 0 Å². The molecule has 0 spiro atoms. The van der Waals surface area contributed by atoms with Gasteiger partial charge >= 0.3 is 12.1 Å². The maximum absolute atomic E-state index is 13.0. The van der Waals surface area contributed by atoms with Crippen LogP contribution in [0.4, 0.5) is 4.79 Å². The molecule has 1 fully saturated rings. The van der Waals surface area contributed by atoms with E-state index >= 15 is 0 Å². The quantitative estimate of drug-likeness (QED) is 0.649. The van der Waals surface area contributed by atoms with Crippen molar-refractivity contribution in [1.29, 1.82) is 0 Å². The molecule has 1 heterocycles. The van der Waals surface area contributed by atoms with Gasteiger partial charge in [-0.25, -0.2) is 9.59 Å². The molecule has 0 saturated carbocycles. The predicted molar refractivity (Wildman–Crippen MR) is 125 cm³/mol. The first kappa shape index (κ1) is 23.8. The summed E-state index contributed by atoms with van der Waals surface area (Å²) in [5, 5.41) is 12.2. The average molecular weight is 467 g/mol. The monoisotopic (exact) mass is 466 g/mol. The Balaban J connectivity index is 1.34. The van der Waals surface area contributed by atoms with Gasteiger partial charge in [0.25, 0.3) is 0 Å². The Morgan fingerprint density at radius 2 is 1.68 bits per heavy atom. The van der Waals surface area contributed by atoms with Crippen LogP contribution >= 0.6 is 0 Å². The molecule has 0 radical (unpaired) electrons. The van der Waals surface area contributed by atoms with Gasteiger partial charge in [0, 0.05) is 32.5 Å². The summed E-state index contributed by atoms with van der Waals surface area (Å²) in [6.07, 6.45) is -0.374. The minimum Gasteiger partial charge on any atom is -0.479 e. The van der Waals surface area contributed by atoms with Gasteiger partial charge < -0.3 is 24.8 Å². The topological polar surface area (TPSA) is 105 Å². The molecule has 2 aliphatic rings. The molecule has 2 aromatic rings. The highest BCUT2D eigenvalue weighted by Crippen LogP contribution is 2.44. The highest BCUT2D eigenvalue weighted by molar-refractivity contribution is 5.86. The number of nitrogens with zero attached hydrogens (tertiary/aromatic N) is 1. The average Bonchev–Trinajstić information content (AvgIpc) is 3.42. The van der Waals surface area contributed by atoms with Gasteiger partial charge in [-0.2, -0.15) is 0 Å². The number of amides is 2. The zero-order valence-corrected chi connectivity index (χ0v) is 19.7. The van der Waals surface area contributed by atoms with Gasteiger partial charge in [-0.1, -0.05) is 48.5 Å². The molecule has 8 heteroatoms. The molecule has 4 rings (SSSR count). The summed E-state index contributed by atoms with van der Waals surface area (Å²) < 4.78 is 10.7. The van der Waals surface area contributed by atoms with E-state index in [1.54, 1.807) is 13.8 Å². The fourth-order valence-corrected chi connectivity index (χ4v) is 4.83. The highest BCUT2D eigenvalue weighted by atomic mass is 16.5. The summed E-state index contributed by atoms with van der Waals surface area (Å²) in [4.78, 5) is 38.6. The lowest BCUT2D eigenvalue weighted by atomic mass is 9.91. The lowest BCUT2D eigenvalue weighted by Crippen LogP contribution is -2.49. The van der Waals surface area contributed by atoms with Crippen LogP contribution in [-0.2, 0) is 19.1 Å². The van der Waals surface area contributed by atoms with E-state index in [9.17, 15) is 19.5 Å². The second kappa shape index (κ2) is 9.10. The van der Waals surface area contributed by atoms with E-state index in [0.29, 0.717) is 0 Å². The van der Waals surface area contributed by atoms with Crippen LogP contribution in [-0.4, -0.2) is 66.9 Å². The smallest absolute Gasteiger partial charge is 0.407 e. The third kappa shape index (κ3) is 4.25. The van der Waals surface area contributed by atoms with Crippen molar-refractivity contribution < 1.29 is 29.0 Å². The molecule has 2 aromatic carbocycles. The molecule has 8 nitrogen and oxygen atoms in total. The number of carbonyl (C=O) groups is 3. The van der Waals surface area contributed by atoms with E-state index in [1.165, 1.54) is 12.0 Å². The predicted octanol–water partition coefficient (Wildman–Crippen LogP) is 3.25. The van der Waals surface area contributed by atoms with Crippen molar-refractivity contribution in [2.45, 2.75) is 31.8 Å². The number of hydrogen-bond acceptors (Lipinski definition) is 5. The van der Waals surface area contributed by atoms with E-state index in [0.717, 1.165) is 22.3 Å². The van der Waals surface area contributed by atoms with E-state index in [-0.39, 0.29) is 44.5 Å². The molecule has 1 atom stereocenters. The summed E-state index contributed by atoms with van der Waals surface area (Å²) in [6, 6.07) is 16.2. The van der Waals surface area contributed by atoms with E-state index in [1.807, 2.05) is 24.3 Å². The van der Waals surface area contributed by atoms with E-state index in [4.69, 9.17) is 9.47 Å². The molecule has 1 unspecified atom stereocenters. The summed E-state index contributed by atoms with van der Waals surface area (Å²) in [7, 11) is 1.34. The first-order valence-electron chi connectivity index (χ1n) is 11.4. The van der Waals surface area contributed by atoms with Gasteiger partial charge in [0.2, 0.25) is 5.91 Å². The molecule has 180 valence electrons. The number of carboxylic acid groups (broad SMARTS) is 1. The van der Waals surface area contributed by atoms with Gasteiger partial charge in [-0.15, -0.1) is 0 Å². The number of benzene rings is 2. The molecule has 2 amide bonds. The van der Waals surface area contributed by atoms with Crippen molar-refractivity contribution in [3.05, 3.63) is 59.7 Å². The number of alkyl carbamates (subject to hydrolysis) is 1. The van der Waals surface area contributed by atoms with E-state index in [2.05, 4.69) is 29.6 Å². The zero-order chi connectivity index (χ0) is 24.5. The fourth-order valence-electron chi connectivity index (χ4n) is 4.83. The van der Waals surface area contributed by atoms with Gasteiger partial charge in [0.05, 0.1) is 12.0 Å². The number of nitrogens with one attached hydrogen (secondary N) is 1. The number of carboxylic acids is 1. The number of likely N-dealkylation sites (tertiary alicyclic amines) is 1. The van der Waals surface area contributed by atoms with Gasteiger partial charge in [0.1, 0.15) is 6.61 Å². The first-order valence-corrected chi connectivity index (χ1v) is 11.4. The molecule has 0 bridgehead atoms. The summed E-state index contributed by atoms with van der Waals surface area (Å²) in [5.74, 6) is -1.37. The van der Waals surface area contributed by atoms with Crippen LogP contribution in [0.3, 0.4) is 0 Å². The van der Waals surface area contributed by atoms with Crippen molar-refractivity contribution in [1.82, 2.24) is 10.2 Å². The number of hydrogen-bond donors (Lipinski definition) is 2. The van der Waals surface area contributed by atoms with Crippen LogP contribution in [0.25, 0.3) is 11.1 Å². The number of carbonyl (C=O) groups excluding carboxylic acids is 2. The number of rotatable bonds is 7. The second-order valence-electron chi connectivity index (χ2n) is 9.54. The van der Waals surface area contributed by atoms with E-state index < -0.39 is 23.1 Å². The highest BCUT2D eigenvalue weighted by Gasteiger charge is 2.48. The minimum absolute atomic E-state index is 0.0218. The Hall–Kier alpha value is -3.39. The fraction of sp³-hybridized carbons (Fsp3) is 0.423. The Kier molecular flexibility index (Phi) is 6.36.